The molecule has 2 heterocycles. The fraction of sp³-hybridized carbons (Fsp3) is 0.400. The molecule has 1 aliphatic heterocycles. The number of primary amides is 1. The Morgan fingerprint density at radius 2 is 1.90 bits per heavy atom. The van der Waals surface area contributed by atoms with Gasteiger partial charge in [-0.2, -0.15) is 0 Å². The fourth-order valence-corrected chi connectivity index (χ4v) is 3.40. The molecule has 3 rings (SSSR count). The van der Waals surface area contributed by atoms with Gasteiger partial charge >= 0.3 is 0 Å². The molecular weight excluding hydrogens is 396 g/mol. The minimum absolute atomic E-state index is 0. The number of nitrogens with one attached hydrogen (secondary N) is 1. The van der Waals surface area contributed by atoms with E-state index in [4.69, 9.17) is 19.9 Å². The van der Waals surface area contributed by atoms with Gasteiger partial charge in [-0.05, 0) is 35.4 Å². The van der Waals surface area contributed by atoms with E-state index in [2.05, 4.69) is 15.2 Å². The number of nitrogens with two attached hydrogens (primary N) is 1. The molecule has 8 nitrogen and oxygen atoms in total. The third-order valence-corrected chi connectivity index (χ3v) is 4.71. The Morgan fingerprint density at radius 3 is 2.48 bits per heavy atom. The molecule has 1 amide bonds. The number of ether oxygens (including phenoxy) is 3. The molecule has 3 N–H and O–H groups in total. The first-order valence-corrected chi connectivity index (χ1v) is 9.13. The van der Waals surface area contributed by atoms with Gasteiger partial charge in [-0.1, -0.05) is 0 Å². The molecule has 0 aliphatic carbocycles. The number of carbonyl (C=O) groups is 1. The maximum atomic E-state index is 11.1. The predicted octanol–water partition coefficient (Wildman–Crippen LogP) is 1.53. The number of halogens is 1. The van der Waals surface area contributed by atoms with Gasteiger partial charge in [-0.15, -0.1) is 12.4 Å². The molecule has 0 saturated carbocycles. The van der Waals surface area contributed by atoms with Crippen molar-refractivity contribution in [2.24, 2.45) is 5.73 Å². The van der Waals surface area contributed by atoms with Gasteiger partial charge in [0, 0.05) is 44.6 Å². The summed E-state index contributed by atoms with van der Waals surface area (Å²) in [7, 11) is 3.11. The zero-order chi connectivity index (χ0) is 19.9. The van der Waals surface area contributed by atoms with Gasteiger partial charge in [0.05, 0.1) is 14.2 Å². The van der Waals surface area contributed by atoms with Crippen molar-refractivity contribution in [2.75, 3.05) is 40.5 Å². The van der Waals surface area contributed by atoms with E-state index in [0.717, 1.165) is 31.7 Å². The van der Waals surface area contributed by atoms with Gasteiger partial charge in [0.2, 0.25) is 5.75 Å². The van der Waals surface area contributed by atoms with E-state index in [1.54, 1.807) is 14.2 Å². The number of hydrogen-bond donors (Lipinski definition) is 2. The van der Waals surface area contributed by atoms with E-state index in [1.165, 1.54) is 5.56 Å². The highest BCUT2D eigenvalue weighted by molar-refractivity contribution is 5.85. The topological polar surface area (TPSA) is 98.9 Å². The first-order chi connectivity index (χ1) is 13.6. The van der Waals surface area contributed by atoms with Crippen LogP contribution >= 0.6 is 12.4 Å². The molecule has 29 heavy (non-hydrogen) atoms. The molecule has 1 atom stereocenters. The summed E-state index contributed by atoms with van der Waals surface area (Å²) in [4.78, 5) is 17.6. The van der Waals surface area contributed by atoms with Crippen molar-refractivity contribution in [1.29, 1.82) is 0 Å². The van der Waals surface area contributed by atoms with Crippen LogP contribution in [0.15, 0.2) is 36.7 Å². The van der Waals surface area contributed by atoms with Crippen molar-refractivity contribution in [3.8, 4) is 17.2 Å². The molecule has 0 bridgehead atoms. The molecule has 1 aromatic heterocycles. The van der Waals surface area contributed by atoms with Crippen LogP contribution in [0.3, 0.4) is 0 Å². The van der Waals surface area contributed by atoms with E-state index in [1.807, 2.05) is 36.7 Å². The molecule has 9 heteroatoms. The summed E-state index contributed by atoms with van der Waals surface area (Å²) < 4.78 is 16.4. The Hall–Kier alpha value is -2.55. The highest BCUT2D eigenvalue weighted by Gasteiger charge is 2.25. The van der Waals surface area contributed by atoms with E-state index in [0.29, 0.717) is 17.2 Å². The molecule has 1 saturated heterocycles. The lowest BCUT2D eigenvalue weighted by Gasteiger charge is -2.36. The predicted molar refractivity (Wildman–Crippen MR) is 112 cm³/mol. The minimum atomic E-state index is -0.561. The Kier molecular flexibility index (Phi) is 8.50. The van der Waals surface area contributed by atoms with Crippen LogP contribution in [0.4, 0.5) is 0 Å². The molecule has 0 radical (unpaired) electrons. The number of methoxy groups -OCH3 is 2. The summed E-state index contributed by atoms with van der Waals surface area (Å²) in [5.41, 5.74) is 7.44. The molecule has 0 spiro atoms. The van der Waals surface area contributed by atoms with Crippen LogP contribution in [0.5, 0.6) is 17.2 Å². The first kappa shape index (κ1) is 22.7. The molecule has 158 valence electrons. The Bertz CT molecular complexity index is 781. The highest BCUT2D eigenvalue weighted by atomic mass is 35.5. The smallest absolute Gasteiger partial charge is 0.255 e. The second kappa shape index (κ2) is 10.8. The summed E-state index contributed by atoms with van der Waals surface area (Å²) in [6.45, 7) is 3.19. The molecule has 1 aromatic carbocycles. The number of carbonyl (C=O) groups excluding carboxylic acids is 1. The molecule has 1 aliphatic rings. The Balaban J connectivity index is 0.00000300. The van der Waals surface area contributed by atoms with Crippen LogP contribution < -0.4 is 25.3 Å². The summed E-state index contributed by atoms with van der Waals surface area (Å²) in [5.74, 6) is 0.824. The lowest BCUT2D eigenvalue weighted by Crippen LogP contribution is -2.45. The Labute approximate surface area is 176 Å². The van der Waals surface area contributed by atoms with Gasteiger partial charge in [-0.3, -0.25) is 14.7 Å². The average molecular weight is 423 g/mol. The molecular formula is C20H27ClN4O4. The maximum Gasteiger partial charge on any atom is 0.255 e. The lowest BCUT2D eigenvalue weighted by atomic mass is 10.0. The normalized spacial score (nSPS) is 16.6. The number of amides is 1. The van der Waals surface area contributed by atoms with Crippen molar-refractivity contribution in [2.45, 2.75) is 12.6 Å². The van der Waals surface area contributed by atoms with Crippen LogP contribution in [0.1, 0.15) is 17.2 Å². The number of aromatic nitrogens is 1. The quantitative estimate of drug-likeness (QED) is 0.665. The van der Waals surface area contributed by atoms with Crippen LogP contribution in [-0.4, -0.2) is 56.3 Å². The second-order valence-corrected chi connectivity index (χ2v) is 6.56. The van der Waals surface area contributed by atoms with E-state index in [9.17, 15) is 4.79 Å². The minimum Gasteiger partial charge on any atom is -0.493 e. The number of rotatable bonds is 8. The second-order valence-electron chi connectivity index (χ2n) is 6.56. The van der Waals surface area contributed by atoms with Crippen molar-refractivity contribution < 1.29 is 19.0 Å². The van der Waals surface area contributed by atoms with Crippen molar-refractivity contribution >= 4 is 18.3 Å². The monoisotopic (exact) mass is 422 g/mol. The van der Waals surface area contributed by atoms with Crippen LogP contribution in [0.25, 0.3) is 0 Å². The van der Waals surface area contributed by atoms with Crippen LogP contribution in [-0.2, 0) is 11.3 Å². The van der Waals surface area contributed by atoms with Gasteiger partial charge in [0.15, 0.2) is 18.1 Å². The number of hydrogen-bond acceptors (Lipinski definition) is 7. The highest BCUT2D eigenvalue weighted by Crippen LogP contribution is 2.39. The summed E-state index contributed by atoms with van der Waals surface area (Å²) in [6.07, 6.45) is 3.64. The van der Waals surface area contributed by atoms with Gasteiger partial charge < -0.3 is 25.3 Å². The molecule has 2 aromatic rings. The van der Waals surface area contributed by atoms with Gasteiger partial charge in [0.1, 0.15) is 0 Å². The molecule has 1 fully saturated rings. The van der Waals surface area contributed by atoms with Crippen LogP contribution in [0.2, 0.25) is 0 Å². The largest absolute Gasteiger partial charge is 0.493 e. The summed E-state index contributed by atoms with van der Waals surface area (Å²) in [6, 6.07) is 8.16. The Morgan fingerprint density at radius 1 is 1.24 bits per heavy atom. The van der Waals surface area contributed by atoms with Crippen molar-refractivity contribution in [3.63, 3.8) is 0 Å². The SMILES string of the molecule is COc1cc(CN2CCNCC2c2ccncc2)cc(OC)c1OCC(N)=O.Cl. The third-order valence-electron chi connectivity index (χ3n) is 4.71. The van der Waals surface area contributed by atoms with E-state index < -0.39 is 5.91 Å². The summed E-state index contributed by atoms with van der Waals surface area (Å²) >= 11 is 0. The zero-order valence-electron chi connectivity index (χ0n) is 16.6. The number of piperazine rings is 1. The first-order valence-electron chi connectivity index (χ1n) is 9.13. The fourth-order valence-electron chi connectivity index (χ4n) is 3.40. The average Bonchev–Trinajstić information content (AvgIpc) is 2.73. The van der Waals surface area contributed by atoms with Crippen molar-refractivity contribution in [3.05, 3.63) is 47.8 Å². The van der Waals surface area contributed by atoms with Crippen LogP contribution in [0, 0.1) is 0 Å². The molecule has 1 unspecified atom stereocenters. The van der Waals surface area contributed by atoms with E-state index in [-0.39, 0.29) is 25.1 Å². The summed E-state index contributed by atoms with van der Waals surface area (Å²) in [5, 5.41) is 3.46. The number of benzene rings is 1. The van der Waals surface area contributed by atoms with E-state index >= 15 is 0 Å². The zero-order valence-corrected chi connectivity index (χ0v) is 17.4. The standard InChI is InChI=1S/C20H26N4O4.ClH/c1-26-17-9-14(10-18(27-2)20(17)28-13-19(21)25)12-24-8-7-23-11-16(24)15-3-5-22-6-4-15;/h3-6,9-10,16,23H,7-8,11-13H2,1-2H3,(H2,21,25);1H. The van der Waals surface area contributed by atoms with Gasteiger partial charge in [0.25, 0.3) is 5.91 Å². The van der Waals surface area contributed by atoms with Crippen molar-refractivity contribution in [1.82, 2.24) is 15.2 Å². The maximum absolute atomic E-state index is 11.1. The number of nitrogens with zero attached hydrogens (tertiary/aromatic N) is 2. The number of pyridine rings is 1. The third kappa shape index (κ3) is 5.72. The lowest BCUT2D eigenvalue weighted by molar-refractivity contribution is -0.120. The van der Waals surface area contributed by atoms with Gasteiger partial charge in [-0.25, -0.2) is 0 Å².